The minimum atomic E-state index is -4.49. The fourth-order valence-electron chi connectivity index (χ4n) is 4.25. The normalized spacial score (nSPS) is 12.4. The number of amides is 1. The second-order valence-corrected chi connectivity index (χ2v) is 15.5. The molecular formula is C29H21ClN4O8S3. The van der Waals surface area contributed by atoms with Gasteiger partial charge in [-0.3, -0.25) is 4.79 Å². The molecule has 0 unspecified atom stereocenters. The van der Waals surface area contributed by atoms with Crippen molar-refractivity contribution in [1.82, 2.24) is 4.13 Å². The van der Waals surface area contributed by atoms with Gasteiger partial charge in [-0.2, -0.15) is 5.11 Å². The Hall–Kier alpha value is -4.67. The van der Waals surface area contributed by atoms with Gasteiger partial charge in [0.25, 0.3) is 35.0 Å². The molecule has 1 amide bonds. The Morgan fingerprint density at radius 1 is 0.644 bits per heavy atom. The largest absolute Gasteiger partial charge is 0.507 e. The Balaban J connectivity index is 1.49. The number of hydrogen-bond donors (Lipinski definition) is 3. The van der Waals surface area contributed by atoms with Gasteiger partial charge in [-0.05, 0) is 72.8 Å². The molecule has 0 heterocycles. The van der Waals surface area contributed by atoms with E-state index in [0.29, 0.717) is 5.56 Å². The molecule has 0 aliphatic carbocycles. The average Bonchev–Trinajstić information content (AvgIpc) is 3.01. The molecule has 12 nitrogen and oxygen atoms in total. The first-order valence-corrected chi connectivity index (χ1v) is 18.0. The maximum Gasteiger partial charge on any atom is 0.262 e. The zero-order chi connectivity index (χ0) is 32.4. The zero-order valence-electron chi connectivity index (χ0n) is 22.7. The van der Waals surface area contributed by atoms with Gasteiger partial charge in [-0.1, -0.05) is 36.4 Å². The molecule has 5 aromatic carbocycles. The summed E-state index contributed by atoms with van der Waals surface area (Å²) < 4.78 is 77.2. The molecule has 0 fully saturated rings. The van der Waals surface area contributed by atoms with Crippen LogP contribution >= 0.6 is 10.7 Å². The number of halogens is 1. The van der Waals surface area contributed by atoms with Crippen molar-refractivity contribution in [3.8, 4) is 5.75 Å². The molecule has 16 heteroatoms. The van der Waals surface area contributed by atoms with Gasteiger partial charge in [-0.25, -0.2) is 25.3 Å². The highest BCUT2D eigenvalue weighted by Crippen LogP contribution is 2.43. The van der Waals surface area contributed by atoms with Crippen LogP contribution in [0.25, 0.3) is 10.8 Å². The van der Waals surface area contributed by atoms with Crippen LogP contribution in [0.5, 0.6) is 5.75 Å². The molecule has 3 N–H and O–H groups in total. The Morgan fingerprint density at radius 3 is 1.82 bits per heavy atom. The Bertz CT molecular complexity index is 2280. The van der Waals surface area contributed by atoms with Crippen molar-refractivity contribution in [2.45, 2.75) is 14.7 Å². The van der Waals surface area contributed by atoms with Crippen molar-refractivity contribution in [2.24, 2.45) is 10.2 Å². The van der Waals surface area contributed by atoms with Crippen molar-refractivity contribution in [1.29, 1.82) is 0 Å². The van der Waals surface area contributed by atoms with Crippen LogP contribution in [0.1, 0.15) is 10.4 Å². The van der Waals surface area contributed by atoms with Gasteiger partial charge < -0.3 is 10.4 Å². The van der Waals surface area contributed by atoms with E-state index in [1.54, 1.807) is 40.5 Å². The standard InChI is InChI=1S/C29H21ClN4O8S3/c30-43(37,38)26-18-16-23(31-29(36)19-7-3-1-4-8-19)27-25(35)17-15-24(28(26)27)33-32-20-11-13-22(14-12-20)45(41,42)34-44(39,40)21-9-5-2-6-10-21/h1-18,34-35H,(H,31,36). The number of sulfonamides is 2. The summed E-state index contributed by atoms with van der Waals surface area (Å²) in [6, 6.07) is 24.8. The van der Waals surface area contributed by atoms with E-state index in [0.717, 1.165) is 18.2 Å². The summed E-state index contributed by atoms with van der Waals surface area (Å²) in [6.07, 6.45) is 0. The van der Waals surface area contributed by atoms with E-state index in [1.807, 2.05) is 0 Å². The van der Waals surface area contributed by atoms with Gasteiger partial charge in [0.2, 0.25) is 0 Å². The fourth-order valence-corrected chi connectivity index (χ4v) is 8.25. The Morgan fingerprint density at radius 2 is 1.22 bits per heavy atom. The number of phenolic OH excluding ortho intramolecular Hbond substituents is 1. The van der Waals surface area contributed by atoms with Crippen molar-refractivity contribution in [2.75, 3.05) is 5.32 Å². The minimum absolute atomic E-state index is 0.0508. The van der Waals surface area contributed by atoms with Crippen LogP contribution in [0.3, 0.4) is 0 Å². The number of benzene rings is 5. The maximum absolute atomic E-state index is 12.8. The predicted octanol–water partition coefficient (Wildman–Crippen LogP) is 5.81. The van der Waals surface area contributed by atoms with E-state index >= 15 is 0 Å². The summed E-state index contributed by atoms with van der Waals surface area (Å²) in [5, 5.41) is 21.3. The van der Waals surface area contributed by atoms with Crippen molar-refractivity contribution >= 4 is 73.5 Å². The topological polar surface area (TPSA) is 188 Å². The molecule has 0 radical (unpaired) electrons. The molecule has 0 aromatic heterocycles. The molecule has 0 saturated carbocycles. The van der Waals surface area contributed by atoms with Crippen molar-refractivity contribution < 1.29 is 35.2 Å². The predicted molar refractivity (Wildman–Crippen MR) is 168 cm³/mol. The van der Waals surface area contributed by atoms with Crippen molar-refractivity contribution in [3.05, 3.63) is 115 Å². The summed E-state index contributed by atoms with van der Waals surface area (Å²) >= 11 is 0. The first kappa shape index (κ1) is 31.7. The number of nitrogens with zero attached hydrogens (tertiary/aromatic N) is 2. The number of anilines is 1. The molecule has 0 bridgehead atoms. The highest BCUT2D eigenvalue weighted by atomic mass is 35.7. The number of phenols is 1. The van der Waals surface area contributed by atoms with Crippen LogP contribution in [0.15, 0.2) is 134 Å². The first-order chi connectivity index (χ1) is 21.3. The van der Waals surface area contributed by atoms with Crippen LogP contribution in [0, 0.1) is 0 Å². The lowest BCUT2D eigenvalue weighted by Gasteiger charge is -2.14. The van der Waals surface area contributed by atoms with Crippen LogP contribution in [-0.4, -0.2) is 36.3 Å². The summed E-state index contributed by atoms with van der Waals surface area (Å²) in [4.78, 5) is 11.8. The second kappa shape index (κ2) is 12.4. The third-order valence-corrected chi connectivity index (χ3v) is 11.2. The lowest BCUT2D eigenvalue weighted by atomic mass is 10.1. The first-order valence-electron chi connectivity index (χ1n) is 12.7. The van der Waals surface area contributed by atoms with Gasteiger partial charge in [-0.15, -0.1) is 9.24 Å². The third kappa shape index (κ3) is 7.02. The van der Waals surface area contributed by atoms with Crippen molar-refractivity contribution in [3.63, 3.8) is 0 Å². The quantitative estimate of drug-likeness (QED) is 0.128. The summed E-state index contributed by atoms with van der Waals surface area (Å²) in [7, 11) is -7.55. The highest BCUT2D eigenvalue weighted by Gasteiger charge is 2.25. The smallest absolute Gasteiger partial charge is 0.262 e. The fraction of sp³-hybridized carbons (Fsp3) is 0. The van der Waals surface area contributed by atoms with E-state index in [1.165, 1.54) is 54.6 Å². The Kier molecular flexibility index (Phi) is 8.73. The second-order valence-electron chi connectivity index (χ2n) is 9.32. The lowest BCUT2D eigenvalue weighted by molar-refractivity contribution is 0.102. The number of nitrogens with one attached hydrogen (secondary N) is 2. The number of rotatable bonds is 9. The molecule has 45 heavy (non-hydrogen) atoms. The molecule has 5 aromatic rings. The van der Waals surface area contributed by atoms with Gasteiger partial charge in [0.1, 0.15) is 5.75 Å². The van der Waals surface area contributed by atoms with E-state index < -0.39 is 39.9 Å². The molecule has 0 spiro atoms. The molecule has 230 valence electrons. The number of hydrogen-bond acceptors (Lipinski definition) is 10. The number of aromatic hydroxyl groups is 1. The molecule has 0 atom stereocenters. The van der Waals surface area contributed by atoms with Crippen LogP contribution in [-0.2, 0) is 29.1 Å². The van der Waals surface area contributed by atoms with Gasteiger partial charge >= 0.3 is 0 Å². The third-order valence-electron chi connectivity index (χ3n) is 6.32. The monoisotopic (exact) mass is 684 g/mol. The average molecular weight is 685 g/mol. The summed E-state index contributed by atoms with van der Waals surface area (Å²) in [5.41, 5.74) is 0.452. The van der Waals surface area contributed by atoms with Crippen LogP contribution < -0.4 is 9.44 Å². The van der Waals surface area contributed by atoms with Crippen LogP contribution in [0.2, 0.25) is 0 Å². The SMILES string of the molecule is O=C(Nc1ccc(S(=O)(=O)Cl)c2c(N=Nc3ccc(S(=O)(=O)NS(=O)(=O)c4ccccc4)cc3)ccc(O)c12)c1ccccc1. The van der Waals surface area contributed by atoms with E-state index in [4.69, 9.17) is 10.7 Å². The number of azo groups is 1. The number of fused-ring (bicyclic) bond motifs is 1. The van der Waals surface area contributed by atoms with Crippen LogP contribution in [0.4, 0.5) is 17.1 Å². The lowest BCUT2D eigenvalue weighted by Crippen LogP contribution is -2.30. The minimum Gasteiger partial charge on any atom is -0.507 e. The Labute approximate surface area is 262 Å². The van der Waals surface area contributed by atoms with E-state index in [-0.39, 0.29) is 43.4 Å². The maximum atomic E-state index is 12.8. The number of carbonyl (C=O) groups is 1. The molecular weight excluding hydrogens is 664 g/mol. The number of carbonyl (C=O) groups excluding carboxylic acids is 1. The van der Waals surface area contributed by atoms with E-state index in [2.05, 4.69) is 15.5 Å². The molecule has 0 aliphatic rings. The molecule has 0 saturated heterocycles. The van der Waals surface area contributed by atoms with Gasteiger partial charge in [0.05, 0.1) is 37.1 Å². The summed E-state index contributed by atoms with van der Waals surface area (Å²) in [6.45, 7) is 0. The highest BCUT2D eigenvalue weighted by molar-refractivity contribution is 8.14. The summed E-state index contributed by atoms with van der Waals surface area (Å²) in [5.74, 6) is -0.895. The van der Waals surface area contributed by atoms with E-state index in [9.17, 15) is 35.2 Å². The zero-order valence-corrected chi connectivity index (χ0v) is 25.9. The molecule has 5 rings (SSSR count). The molecule has 0 aliphatic heterocycles. The van der Waals surface area contributed by atoms with Gasteiger partial charge in [0, 0.05) is 21.6 Å². The van der Waals surface area contributed by atoms with Gasteiger partial charge in [0.15, 0.2) is 0 Å².